The molecular weight excluding hydrogens is 309 g/mol. The molecule has 1 aliphatic rings. The fraction of sp³-hybridized carbons (Fsp3) is 0.467. The Hall–Kier alpha value is -1.66. The van der Waals surface area contributed by atoms with Gasteiger partial charge in [0.1, 0.15) is 5.82 Å². The highest BCUT2D eigenvalue weighted by molar-refractivity contribution is 5.96. The average Bonchev–Trinajstić information content (AvgIpc) is 2.46. The molecule has 5 nitrogen and oxygen atoms in total. The third-order valence-electron chi connectivity index (χ3n) is 3.48. The molecule has 1 N–H and O–H groups in total. The van der Waals surface area contributed by atoms with Crippen molar-refractivity contribution in [2.24, 2.45) is 0 Å². The lowest BCUT2D eigenvalue weighted by Crippen LogP contribution is -2.49. The van der Waals surface area contributed by atoms with Gasteiger partial charge in [-0.2, -0.15) is 0 Å². The number of nitrogens with zero attached hydrogens (tertiary/aromatic N) is 2. The zero-order valence-electron chi connectivity index (χ0n) is 12.8. The lowest BCUT2D eigenvalue weighted by atomic mass is 10.1. The molecule has 0 unspecified atom stereocenters. The lowest BCUT2D eigenvalue weighted by Gasteiger charge is -2.29. The highest BCUT2D eigenvalue weighted by Crippen LogP contribution is 2.10. The molecule has 7 heteroatoms. The van der Waals surface area contributed by atoms with Gasteiger partial charge in [-0.3, -0.25) is 9.59 Å². The molecule has 1 saturated heterocycles. The monoisotopic (exact) mass is 329 g/mol. The number of piperazine rings is 1. The largest absolute Gasteiger partial charge is 0.339 e. The van der Waals surface area contributed by atoms with E-state index in [1.165, 1.54) is 17.0 Å². The van der Waals surface area contributed by atoms with Crippen molar-refractivity contribution < 1.29 is 14.0 Å². The van der Waals surface area contributed by atoms with Gasteiger partial charge in [-0.25, -0.2) is 4.39 Å². The van der Waals surface area contributed by atoms with E-state index in [1.54, 1.807) is 24.9 Å². The van der Waals surface area contributed by atoms with Gasteiger partial charge in [0.25, 0.3) is 5.91 Å². The summed E-state index contributed by atoms with van der Waals surface area (Å²) < 4.78 is 13.4. The van der Waals surface area contributed by atoms with E-state index in [0.29, 0.717) is 18.7 Å². The molecule has 1 aliphatic heterocycles. The van der Waals surface area contributed by atoms with E-state index in [-0.39, 0.29) is 36.3 Å². The van der Waals surface area contributed by atoms with Crippen molar-refractivity contribution >= 4 is 24.2 Å². The number of nitrogens with one attached hydrogen (secondary N) is 1. The number of likely N-dealkylation sites (N-methyl/N-ethyl adjacent to an activating group) is 1. The first-order valence-electron chi connectivity index (χ1n) is 6.98. The molecular formula is C15H21ClFN3O2. The first-order chi connectivity index (χ1) is 9.97. The average molecular weight is 330 g/mol. The van der Waals surface area contributed by atoms with Crippen molar-refractivity contribution in [3.63, 3.8) is 0 Å². The topological polar surface area (TPSA) is 52.7 Å². The van der Waals surface area contributed by atoms with Crippen molar-refractivity contribution in [1.29, 1.82) is 0 Å². The molecule has 0 aromatic heterocycles. The maximum absolute atomic E-state index is 13.4. The highest BCUT2D eigenvalue weighted by atomic mass is 35.5. The number of hydrogen-bond acceptors (Lipinski definition) is 3. The second kappa shape index (κ2) is 8.10. The lowest BCUT2D eigenvalue weighted by molar-refractivity contribution is -0.132. The fourth-order valence-electron chi connectivity index (χ4n) is 2.37. The van der Waals surface area contributed by atoms with E-state index in [9.17, 15) is 14.0 Å². The smallest absolute Gasteiger partial charge is 0.254 e. The summed E-state index contributed by atoms with van der Waals surface area (Å²) >= 11 is 0. The number of benzene rings is 1. The Kier molecular flexibility index (Phi) is 6.77. The van der Waals surface area contributed by atoms with Crippen LogP contribution in [0.3, 0.4) is 0 Å². The molecule has 1 aromatic carbocycles. The van der Waals surface area contributed by atoms with Gasteiger partial charge in [0.2, 0.25) is 5.91 Å². The van der Waals surface area contributed by atoms with E-state index >= 15 is 0 Å². The number of rotatable bonds is 3. The van der Waals surface area contributed by atoms with E-state index in [4.69, 9.17) is 0 Å². The number of hydrogen-bond donors (Lipinski definition) is 1. The van der Waals surface area contributed by atoms with Crippen molar-refractivity contribution in [3.8, 4) is 0 Å². The summed E-state index contributed by atoms with van der Waals surface area (Å²) in [5.41, 5.74) is 0.947. The number of amides is 2. The molecule has 2 rings (SSSR count). The van der Waals surface area contributed by atoms with Gasteiger partial charge >= 0.3 is 0 Å². The second-order valence-electron chi connectivity index (χ2n) is 5.31. The van der Waals surface area contributed by atoms with Crippen molar-refractivity contribution in [2.75, 3.05) is 39.8 Å². The van der Waals surface area contributed by atoms with Crippen LogP contribution in [-0.4, -0.2) is 61.4 Å². The molecule has 0 saturated carbocycles. The molecule has 122 valence electrons. The van der Waals surface area contributed by atoms with E-state index in [2.05, 4.69) is 5.32 Å². The summed E-state index contributed by atoms with van der Waals surface area (Å²) in [6, 6.07) is 4.18. The van der Waals surface area contributed by atoms with Crippen LogP contribution >= 0.6 is 12.4 Å². The van der Waals surface area contributed by atoms with Crippen LogP contribution in [0.4, 0.5) is 4.39 Å². The summed E-state index contributed by atoms with van der Waals surface area (Å²) in [5, 5.41) is 3.17. The van der Waals surface area contributed by atoms with Gasteiger partial charge < -0.3 is 15.1 Å². The minimum atomic E-state index is -0.444. The first kappa shape index (κ1) is 18.4. The van der Waals surface area contributed by atoms with Crippen LogP contribution in [0.1, 0.15) is 15.9 Å². The van der Waals surface area contributed by atoms with Crippen LogP contribution in [0.25, 0.3) is 0 Å². The fourth-order valence-corrected chi connectivity index (χ4v) is 2.37. The quantitative estimate of drug-likeness (QED) is 0.902. The zero-order valence-corrected chi connectivity index (χ0v) is 13.6. The summed E-state index contributed by atoms with van der Waals surface area (Å²) in [6.45, 7) is 4.58. The Morgan fingerprint density at radius 2 is 1.91 bits per heavy atom. The van der Waals surface area contributed by atoms with Crippen LogP contribution in [0, 0.1) is 12.7 Å². The zero-order chi connectivity index (χ0) is 15.4. The van der Waals surface area contributed by atoms with Crippen LogP contribution in [0.5, 0.6) is 0 Å². The number of carbonyl (C=O) groups is 2. The Bertz CT molecular complexity index is 527. The number of aryl methyl sites for hydroxylation is 1. The van der Waals surface area contributed by atoms with Gasteiger partial charge in [-0.15, -0.1) is 12.4 Å². The molecule has 1 fully saturated rings. The maximum Gasteiger partial charge on any atom is 0.254 e. The van der Waals surface area contributed by atoms with Gasteiger partial charge in [-0.1, -0.05) is 0 Å². The molecule has 0 atom stereocenters. The highest BCUT2D eigenvalue weighted by Gasteiger charge is 2.21. The summed E-state index contributed by atoms with van der Waals surface area (Å²) in [6.07, 6.45) is 0. The van der Waals surface area contributed by atoms with Gasteiger partial charge in [0.15, 0.2) is 0 Å². The normalized spacial score (nSPS) is 14.2. The molecule has 0 spiro atoms. The standard InChI is InChI=1S/C15H20FN3O2.ClH/c1-11-7-12(9-13(16)8-11)15(21)18(2)10-14(20)19-5-3-17-4-6-19;/h7-9,17H,3-6,10H2,1-2H3;1H. The van der Waals surface area contributed by atoms with E-state index in [1.807, 2.05) is 0 Å². The molecule has 0 aliphatic carbocycles. The first-order valence-corrected chi connectivity index (χ1v) is 6.98. The molecule has 1 heterocycles. The van der Waals surface area contributed by atoms with Crippen LogP contribution in [0.15, 0.2) is 18.2 Å². The Labute approximate surface area is 135 Å². The summed E-state index contributed by atoms with van der Waals surface area (Å²) in [7, 11) is 1.56. The van der Waals surface area contributed by atoms with E-state index < -0.39 is 5.82 Å². The van der Waals surface area contributed by atoms with Gasteiger partial charge in [0.05, 0.1) is 6.54 Å². The van der Waals surface area contributed by atoms with Crippen LogP contribution < -0.4 is 5.32 Å². The van der Waals surface area contributed by atoms with Crippen molar-refractivity contribution in [3.05, 3.63) is 35.1 Å². The van der Waals surface area contributed by atoms with Crippen molar-refractivity contribution in [1.82, 2.24) is 15.1 Å². The predicted molar refractivity (Wildman–Crippen MR) is 84.8 cm³/mol. The van der Waals surface area contributed by atoms with E-state index in [0.717, 1.165) is 13.1 Å². The van der Waals surface area contributed by atoms with Crippen molar-refractivity contribution in [2.45, 2.75) is 6.92 Å². The SMILES string of the molecule is Cc1cc(F)cc(C(=O)N(C)CC(=O)N2CCNCC2)c1.Cl. The summed E-state index contributed by atoms with van der Waals surface area (Å²) in [5.74, 6) is -0.873. The maximum atomic E-state index is 13.4. The number of halogens is 2. The number of carbonyl (C=O) groups excluding carboxylic acids is 2. The summed E-state index contributed by atoms with van der Waals surface area (Å²) in [4.78, 5) is 27.4. The molecule has 0 radical (unpaired) electrons. The molecule has 2 amide bonds. The third-order valence-corrected chi connectivity index (χ3v) is 3.48. The molecule has 0 bridgehead atoms. The predicted octanol–water partition coefficient (Wildman–Crippen LogP) is 1.06. The minimum Gasteiger partial charge on any atom is -0.339 e. The Balaban J connectivity index is 0.00000242. The van der Waals surface area contributed by atoms with Crippen LogP contribution in [0.2, 0.25) is 0 Å². The minimum absolute atomic E-state index is 0. The van der Waals surface area contributed by atoms with Gasteiger partial charge in [-0.05, 0) is 30.7 Å². The molecule has 22 heavy (non-hydrogen) atoms. The second-order valence-corrected chi connectivity index (χ2v) is 5.31. The molecule has 1 aromatic rings. The third kappa shape index (κ3) is 4.68. The Morgan fingerprint density at radius 1 is 1.27 bits per heavy atom. The van der Waals surface area contributed by atoms with Crippen LogP contribution in [-0.2, 0) is 4.79 Å². The Morgan fingerprint density at radius 3 is 2.50 bits per heavy atom. The van der Waals surface area contributed by atoms with Gasteiger partial charge in [0, 0.05) is 38.8 Å².